The molecule has 0 aliphatic carbocycles. The van der Waals surface area contributed by atoms with Crippen molar-refractivity contribution < 1.29 is 9.53 Å². The Hall–Kier alpha value is -2.31. The highest BCUT2D eigenvalue weighted by atomic mass is 35.5. The summed E-state index contributed by atoms with van der Waals surface area (Å²) in [6.07, 6.45) is 3.45. The van der Waals surface area contributed by atoms with Gasteiger partial charge in [0.15, 0.2) is 0 Å². The Morgan fingerprint density at radius 1 is 1.17 bits per heavy atom. The minimum absolute atomic E-state index is 0.205. The molecule has 0 aliphatic heterocycles. The molecule has 24 heavy (non-hydrogen) atoms. The number of ether oxygens (including phenoxy) is 1. The lowest BCUT2D eigenvalue weighted by Gasteiger charge is -2.06. The van der Waals surface area contributed by atoms with E-state index in [0.717, 1.165) is 27.4 Å². The summed E-state index contributed by atoms with van der Waals surface area (Å²) in [5, 5.41) is 8.92. The Morgan fingerprint density at radius 3 is 2.54 bits per heavy atom. The summed E-state index contributed by atoms with van der Waals surface area (Å²) in [7, 11) is 1.37. The first kappa shape index (κ1) is 16.5. The van der Waals surface area contributed by atoms with E-state index >= 15 is 0 Å². The van der Waals surface area contributed by atoms with Crippen LogP contribution < -0.4 is 0 Å². The fraction of sp³-hybridized carbons (Fsp3) is 0.118. The number of H-pyrrole nitrogens is 1. The summed E-state index contributed by atoms with van der Waals surface area (Å²) in [5.41, 5.74) is 3.63. The first-order valence-electron chi connectivity index (χ1n) is 7.13. The van der Waals surface area contributed by atoms with Gasteiger partial charge in [0.1, 0.15) is 5.69 Å². The van der Waals surface area contributed by atoms with Gasteiger partial charge >= 0.3 is 5.97 Å². The maximum Gasteiger partial charge on any atom is 0.316 e. The number of hydrogen-bond acceptors (Lipinski definition) is 5. The molecule has 0 spiro atoms. The van der Waals surface area contributed by atoms with Crippen LogP contribution in [-0.4, -0.2) is 34.0 Å². The van der Waals surface area contributed by atoms with Crippen LogP contribution in [0.5, 0.6) is 0 Å². The number of pyridine rings is 1. The van der Waals surface area contributed by atoms with Crippen LogP contribution in [0.25, 0.3) is 22.4 Å². The first-order valence-corrected chi connectivity index (χ1v) is 8.49. The van der Waals surface area contributed by atoms with Crippen LogP contribution in [-0.2, 0) is 9.53 Å². The number of aromatic amines is 1. The van der Waals surface area contributed by atoms with Gasteiger partial charge in [0.25, 0.3) is 0 Å². The molecule has 2 heterocycles. The Labute approximate surface area is 148 Å². The fourth-order valence-electron chi connectivity index (χ4n) is 2.22. The predicted molar refractivity (Wildman–Crippen MR) is 95.0 cm³/mol. The normalized spacial score (nSPS) is 10.6. The zero-order valence-electron chi connectivity index (χ0n) is 12.8. The number of thioether (sulfide) groups is 1. The number of carbonyl (C=O) groups excluding carboxylic acids is 1. The second-order valence-electron chi connectivity index (χ2n) is 4.88. The molecule has 1 aromatic carbocycles. The predicted octanol–water partition coefficient (Wildman–Crippen LogP) is 4.06. The van der Waals surface area contributed by atoms with Crippen LogP contribution in [0, 0.1) is 0 Å². The lowest BCUT2D eigenvalue weighted by atomic mass is 10.0. The number of benzene rings is 1. The van der Waals surface area contributed by atoms with E-state index in [9.17, 15) is 4.79 Å². The molecule has 0 aliphatic rings. The molecule has 0 atom stereocenters. The molecule has 0 amide bonds. The van der Waals surface area contributed by atoms with E-state index in [0.29, 0.717) is 5.02 Å². The van der Waals surface area contributed by atoms with Crippen molar-refractivity contribution in [2.45, 2.75) is 5.03 Å². The van der Waals surface area contributed by atoms with Gasteiger partial charge < -0.3 is 4.74 Å². The number of carbonyl (C=O) groups is 1. The van der Waals surface area contributed by atoms with Crippen molar-refractivity contribution >= 4 is 29.3 Å². The van der Waals surface area contributed by atoms with Gasteiger partial charge in [0.05, 0.1) is 17.9 Å². The van der Waals surface area contributed by atoms with E-state index in [2.05, 4.69) is 15.2 Å². The molecule has 0 saturated heterocycles. The SMILES string of the molecule is COC(=O)CSc1[nH]nc(-c2ccc(Cl)cc2)c1-c1ccncc1. The van der Waals surface area contributed by atoms with Crippen LogP contribution in [0.15, 0.2) is 53.8 Å². The van der Waals surface area contributed by atoms with Crippen LogP contribution in [0.4, 0.5) is 0 Å². The quantitative estimate of drug-likeness (QED) is 0.549. The van der Waals surface area contributed by atoms with Gasteiger partial charge in [-0.1, -0.05) is 35.5 Å². The van der Waals surface area contributed by atoms with E-state index in [1.54, 1.807) is 12.4 Å². The topological polar surface area (TPSA) is 67.9 Å². The van der Waals surface area contributed by atoms with Crippen LogP contribution in [0.3, 0.4) is 0 Å². The highest BCUT2D eigenvalue weighted by Crippen LogP contribution is 2.37. The number of esters is 1. The van der Waals surface area contributed by atoms with Crippen molar-refractivity contribution in [2.24, 2.45) is 0 Å². The van der Waals surface area contributed by atoms with Crippen molar-refractivity contribution in [3.05, 3.63) is 53.8 Å². The fourth-order valence-corrected chi connectivity index (χ4v) is 3.20. The third kappa shape index (κ3) is 3.60. The highest BCUT2D eigenvalue weighted by molar-refractivity contribution is 8.00. The van der Waals surface area contributed by atoms with Gasteiger partial charge in [-0.05, 0) is 29.8 Å². The van der Waals surface area contributed by atoms with Gasteiger partial charge in [0.2, 0.25) is 0 Å². The Bertz CT molecular complexity index is 835. The summed E-state index contributed by atoms with van der Waals surface area (Å²) < 4.78 is 4.70. The number of methoxy groups -OCH3 is 1. The van der Waals surface area contributed by atoms with Gasteiger partial charge in [0, 0.05) is 28.5 Å². The van der Waals surface area contributed by atoms with E-state index in [1.165, 1.54) is 18.9 Å². The average molecular weight is 360 g/mol. The molecule has 0 saturated carbocycles. The van der Waals surface area contributed by atoms with E-state index in [-0.39, 0.29) is 11.7 Å². The van der Waals surface area contributed by atoms with Gasteiger partial charge in [-0.2, -0.15) is 5.10 Å². The monoisotopic (exact) mass is 359 g/mol. The molecular weight excluding hydrogens is 346 g/mol. The zero-order valence-corrected chi connectivity index (χ0v) is 14.4. The molecule has 7 heteroatoms. The maximum absolute atomic E-state index is 11.4. The molecule has 3 rings (SSSR count). The van der Waals surface area contributed by atoms with Gasteiger partial charge in [-0.3, -0.25) is 14.9 Å². The van der Waals surface area contributed by atoms with E-state index in [1.807, 2.05) is 36.4 Å². The molecular formula is C17H14ClN3O2S. The Balaban J connectivity index is 2.04. The molecule has 5 nitrogen and oxygen atoms in total. The summed E-state index contributed by atoms with van der Waals surface area (Å²) in [5.74, 6) is -0.0834. The zero-order chi connectivity index (χ0) is 16.9. The minimum Gasteiger partial charge on any atom is -0.468 e. The molecule has 122 valence electrons. The number of nitrogens with zero attached hydrogens (tertiary/aromatic N) is 2. The molecule has 0 unspecified atom stereocenters. The summed E-state index contributed by atoms with van der Waals surface area (Å²) in [4.78, 5) is 15.5. The third-order valence-electron chi connectivity index (χ3n) is 3.38. The number of nitrogens with one attached hydrogen (secondary N) is 1. The second-order valence-corrected chi connectivity index (χ2v) is 6.31. The second kappa shape index (κ2) is 7.51. The van der Waals surface area contributed by atoms with E-state index in [4.69, 9.17) is 16.3 Å². The number of halogens is 1. The Kier molecular flexibility index (Phi) is 5.17. The van der Waals surface area contributed by atoms with Gasteiger partial charge in [-0.15, -0.1) is 0 Å². The van der Waals surface area contributed by atoms with Crippen molar-refractivity contribution in [3.63, 3.8) is 0 Å². The molecule has 3 aromatic rings. The number of aromatic nitrogens is 3. The van der Waals surface area contributed by atoms with E-state index < -0.39 is 0 Å². The van der Waals surface area contributed by atoms with Crippen LogP contribution >= 0.6 is 23.4 Å². The number of rotatable bonds is 5. The molecule has 0 radical (unpaired) electrons. The summed E-state index contributed by atoms with van der Waals surface area (Å²) in [6, 6.07) is 11.3. The maximum atomic E-state index is 11.4. The van der Waals surface area contributed by atoms with Crippen LogP contribution in [0.2, 0.25) is 5.02 Å². The highest BCUT2D eigenvalue weighted by Gasteiger charge is 2.18. The summed E-state index contributed by atoms with van der Waals surface area (Å²) in [6.45, 7) is 0. The molecule has 2 aromatic heterocycles. The average Bonchev–Trinajstić information content (AvgIpc) is 3.05. The first-order chi connectivity index (χ1) is 11.7. The molecule has 0 fully saturated rings. The van der Waals surface area contributed by atoms with Crippen molar-refractivity contribution in [2.75, 3.05) is 12.9 Å². The standard InChI is InChI=1S/C17H14ClN3O2S/c1-23-14(22)10-24-17-15(11-6-8-19-9-7-11)16(20-21-17)12-2-4-13(18)5-3-12/h2-9H,10H2,1H3,(H,20,21). The smallest absolute Gasteiger partial charge is 0.316 e. The number of hydrogen-bond donors (Lipinski definition) is 1. The third-order valence-corrected chi connectivity index (χ3v) is 4.60. The van der Waals surface area contributed by atoms with Crippen molar-refractivity contribution in [3.8, 4) is 22.4 Å². The largest absolute Gasteiger partial charge is 0.468 e. The minimum atomic E-state index is -0.289. The van der Waals surface area contributed by atoms with Crippen molar-refractivity contribution in [1.82, 2.24) is 15.2 Å². The summed E-state index contributed by atoms with van der Waals surface area (Å²) >= 11 is 7.32. The Morgan fingerprint density at radius 2 is 1.88 bits per heavy atom. The lowest BCUT2D eigenvalue weighted by Crippen LogP contribution is -2.03. The van der Waals surface area contributed by atoms with Gasteiger partial charge in [-0.25, -0.2) is 0 Å². The molecule has 1 N–H and O–H groups in total. The van der Waals surface area contributed by atoms with Crippen molar-refractivity contribution in [1.29, 1.82) is 0 Å². The lowest BCUT2D eigenvalue weighted by molar-refractivity contribution is -0.137. The van der Waals surface area contributed by atoms with Crippen LogP contribution in [0.1, 0.15) is 0 Å². The molecule has 0 bridgehead atoms.